The number of aliphatic carboxylic acids is 1. The van der Waals surface area contributed by atoms with Crippen LogP contribution in [0, 0.1) is 0 Å². The summed E-state index contributed by atoms with van der Waals surface area (Å²) in [6.45, 7) is 0.924. The van der Waals surface area contributed by atoms with Gasteiger partial charge in [0.15, 0.2) is 0 Å². The van der Waals surface area contributed by atoms with Crippen LogP contribution in [0.1, 0.15) is 11.3 Å². The Hall–Kier alpha value is -1.93. The molecule has 1 aromatic heterocycles. The van der Waals surface area contributed by atoms with Crippen LogP contribution in [-0.2, 0) is 25.5 Å². The van der Waals surface area contributed by atoms with Crippen molar-refractivity contribution in [2.75, 3.05) is 33.4 Å². The molecular weight excluding hydrogens is 320 g/mol. The highest BCUT2D eigenvalue weighted by atomic mass is 32.1. The van der Waals surface area contributed by atoms with Crippen molar-refractivity contribution in [1.29, 1.82) is 0 Å². The van der Waals surface area contributed by atoms with Crippen molar-refractivity contribution in [1.82, 2.24) is 9.80 Å². The van der Waals surface area contributed by atoms with Gasteiger partial charge in [-0.05, 0) is 17.9 Å². The molecule has 0 spiro atoms. The van der Waals surface area contributed by atoms with Gasteiger partial charge >= 0.3 is 5.97 Å². The van der Waals surface area contributed by atoms with Gasteiger partial charge in [-0.3, -0.25) is 14.4 Å². The number of hydrogen-bond donors (Lipinski definition) is 1. The lowest BCUT2D eigenvalue weighted by atomic mass is 10.1. The van der Waals surface area contributed by atoms with Gasteiger partial charge in [-0.1, -0.05) is 6.07 Å². The van der Waals surface area contributed by atoms with E-state index in [1.807, 2.05) is 17.5 Å². The Morgan fingerprint density at radius 3 is 2.83 bits per heavy atom. The SMILES string of the molecule is COCCN1CC(=O)N(CCc2cccs2)C(CC(=O)O)C1=O. The zero-order valence-electron chi connectivity index (χ0n) is 12.9. The van der Waals surface area contributed by atoms with Gasteiger partial charge < -0.3 is 19.6 Å². The number of amides is 2. The highest BCUT2D eigenvalue weighted by Gasteiger charge is 2.39. The minimum atomic E-state index is -1.09. The van der Waals surface area contributed by atoms with Gasteiger partial charge in [-0.2, -0.15) is 0 Å². The van der Waals surface area contributed by atoms with Gasteiger partial charge in [0.05, 0.1) is 19.6 Å². The third-order valence-corrected chi connectivity index (χ3v) is 4.67. The maximum absolute atomic E-state index is 12.5. The van der Waals surface area contributed by atoms with Crippen LogP contribution >= 0.6 is 11.3 Å². The number of carboxylic acid groups (broad SMARTS) is 1. The summed E-state index contributed by atoms with van der Waals surface area (Å²) in [5.41, 5.74) is 0. The molecule has 7 nitrogen and oxygen atoms in total. The molecule has 1 aliphatic rings. The third-order valence-electron chi connectivity index (χ3n) is 3.73. The van der Waals surface area contributed by atoms with Gasteiger partial charge in [0.25, 0.3) is 0 Å². The fourth-order valence-corrected chi connectivity index (χ4v) is 3.27. The number of methoxy groups -OCH3 is 1. The molecule has 126 valence electrons. The minimum absolute atomic E-state index is 0.0250. The molecule has 0 saturated carbocycles. The smallest absolute Gasteiger partial charge is 0.305 e. The Morgan fingerprint density at radius 1 is 1.43 bits per heavy atom. The monoisotopic (exact) mass is 340 g/mol. The van der Waals surface area contributed by atoms with Crippen LogP contribution in [0.2, 0.25) is 0 Å². The lowest BCUT2D eigenvalue weighted by Crippen LogP contribution is -2.61. The number of hydrogen-bond acceptors (Lipinski definition) is 5. The van der Waals surface area contributed by atoms with E-state index in [0.717, 1.165) is 4.88 Å². The van der Waals surface area contributed by atoms with E-state index < -0.39 is 12.0 Å². The van der Waals surface area contributed by atoms with Crippen molar-refractivity contribution in [3.8, 4) is 0 Å². The van der Waals surface area contributed by atoms with Crippen molar-refractivity contribution < 1.29 is 24.2 Å². The molecule has 0 aliphatic carbocycles. The Kier molecular flexibility index (Phi) is 6.12. The van der Waals surface area contributed by atoms with E-state index in [9.17, 15) is 14.4 Å². The summed E-state index contributed by atoms with van der Waals surface area (Å²) in [5.74, 6) is -1.63. The summed E-state index contributed by atoms with van der Waals surface area (Å²) in [6, 6.07) is 2.94. The normalized spacial score (nSPS) is 18.6. The van der Waals surface area contributed by atoms with Crippen LogP contribution in [0.15, 0.2) is 17.5 Å². The molecule has 0 bridgehead atoms. The molecule has 0 aromatic carbocycles. The van der Waals surface area contributed by atoms with Crippen molar-refractivity contribution in [3.05, 3.63) is 22.4 Å². The molecule has 1 fully saturated rings. The summed E-state index contributed by atoms with van der Waals surface area (Å²) in [5, 5.41) is 11.0. The molecule has 2 heterocycles. The number of carbonyl (C=O) groups excluding carboxylic acids is 2. The van der Waals surface area contributed by atoms with E-state index in [2.05, 4.69) is 0 Å². The van der Waals surface area contributed by atoms with Crippen molar-refractivity contribution in [2.45, 2.75) is 18.9 Å². The highest BCUT2D eigenvalue weighted by Crippen LogP contribution is 2.18. The molecule has 1 N–H and O–H groups in total. The van der Waals surface area contributed by atoms with Crippen LogP contribution in [0.25, 0.3) is 0 Å². The number of thiophene rings is 1. The second kappa shape index (κ2) is 8.07. The number of carboxylic acids is 1. The molecular formula is C15H20N2O5S. The molecule has 1 saturated heterocycles. The van der Waals surface area contributed by atoms with E-state index in [1.54, 1.807) is 11.3 Å². The van der Waals surface area contributed by atoms with Crippen molar-refractivity contribution in [2.24, 2.45) is 0 Å². The zero-order chi connectivity index (χ0) is 16.8. The molecule has 1 atom stereocenters. The van der Waals surface area contributed by atoms with Gasteiger partial charge in [-0.15, -0.1) is 11.3 Å². The molecule has 1 unspecified atom stereocenters. The van der Waals surface area contributed by atoms with E-state index >= 15 is 0 Å². The number of rotatable bonds is 8. The first kappa shape index (κ1) is 17.4. The first-order chi connectivity index (χ1) is 11.0. The largest absolute Gasteiger partial charge is 0.481 e. The summed E-state index contributed by atoms with van der Waals surface area (Å²) in [6.07, 6.45) is 0.239. The Balaban J connectivity index is 2.09. The zero-order valence-corrected chi connectivity index (χ0v) is 13.8. The highest BCUT2D eigenvalue weighted by molar-refractivity contribution is 7.09. The maximum atomic E-state index is 12.5. The van der Waals surface area contributed by atoms with Crippen molar-refractivity contribution in [3.63, 3.8) is 0 Å². The number of nitrogens with zero attached hydrogens (tertiary/aromatic N) is 2. The number of ether oxygens (including phenoxy) is 1. The Bertz CT molecular complexity index is 560. The van der Waals surface area contributed by atoms with E-state index in [4.69, 9.17) is 9.84 Å². The number of carbonyl (C=O) groups is 3. The standard InChI is InChI=1S/C15H20N2O5S/c1-22-7-6-16-10-13(18)17(5-4-11-3-2-8-23-11)12(15(16)21)9-14(19)20/h2-3,8,12H,4-7,9-10H2,1H3,(H,19,20). The summed E-state index contributed by atoms with van der Waals surface area (Å²) in [7, 11) is 1.51. The third kappa shape index (κ3) is 4.52. The predicted octanol–water partition coefficient (Wildman–Crippen LogP) is 0.451. The van der Waals surface area contributed by atoms with Crippen LogP contribution in [0.4, 0.5) is 0 Å². The number of piperazine rings is 1. The van der Waals surface area contributed by atoms with Crippen LogP contribution < -0.4 is 0 Å². The Morgan fingerprint density at radius 2 is 2.22 bits per heavy atom. The molecule has 1 aromatic rings. The lowest BCUT2D eigenvalue weighted by Gasteiger charge is -2.39. The van der Waals surface area contributed by atoms with E-state index in [0.29, 0.717) is 19.6 Å². The van der Waals surface area contributed by atoms with Gasteiger partial charge in [0.2, 0.25) is 11.8 Å². The van der Waals surface area contributed by atoms with E-state index in [1.165, 1.54) is 16.9 Å². The topological polar surface area (TPSA) is 87.2 Å². The molecule has 2 amide bonds. The van der Waals surface area contributed by atoms with Gasteiger partial charge in [-0.25, -0.2) is 0 Å². The first-order valence-electron chi connectivity index (χ1n) is 7.34. The molecule has 2 rings (SSSR count). The van der Waals surface area contributed by atoms with Crippen molar-refractivity contribution >= 4 is 29.1 Å². The average molecular weight is 340 g/mol. The second-order valence-electron chi connectivity index (χ2n) is 5.28. The quantitative estimate of drug-likeness (QED) is 0.742. The Labute approximate surface area is 138 Å². The molecule has 23 heavy (non-hydrogen) atoms. The van der Waals surface area contributed by atoms with Crippen LogP contribution in [0.3, 0.4) is 0 Å². The fraction of sp³-hybridized carbons (Fsp3) is 0.533. The maximum Gasteiger partial charge on any atom is 0.305 e. The second-order valence-corrected chi connectivity index (χ2v) is 6.31. The van der Waals surface area contributed by atoms with Gasteiger partial charge in [0.1, 0.15) is 6.04 Å². The summed E-state index contributed by atoms with van der Waals surface area (Å²) < 4.78 is 4.93. The van der Waals surface area contributed by atoms with E-state index in [-0.39, 0.29) is 31.3 Å². The predicted molar refractivity (Wildman–Crippen MR) is 84.2 cm³/mol. The molecule has 0 radical (unpaired) electrons. The minimum Gasteiger partial charge on any atom is -0.481 e. The van der Waals surface area contributed by atoms with Crippen LogP contribution in [0.5, 0.6) is 0 Å². The van der Waals surface area contributed by atoms with Gasteiger partial charge in [0, 0.05) is 25.1 Å². The summed E-state index contributed by atoms with van der Waals surface area (Å²) >= 11 is 1.57. The first-order valence-corrected chi connectivity index (χ1v) is 8.22. The fourth-order valence-electron chi connectivity index (χ4n) is 2.57. The molecule has 1 aliphatic heterocycles. The lowest BCUT2D eigenvalue weighted by molar-refractivity contribution is -0.159. The summed E-state index contributed by atoms with van der Waals surface area (Å²) in [4.78, 5) is 39.8. The average Bonchev–Trinajstić information content (AvgIpc) is 3.01. The molecule has 8 heteroatoms. The van der Waals surface area contributed by atoms with Crippen LogP contribution in [-0.4, -0.2) is 72.1 Å².